The maximum atomic E-state index is 13.2. The van der Waals surface area contributed by atoms with Gasteiger partial charge in [-0.05, 0) is 61.4 Å². The largest absolute Gasteiger partial charge is 0.376 e. The molecule has 1 amide bonds. The number of anilines is 1. The molecule has 2 aromatic heterocycles. The zero-order valence-electron chi connectivity index (χ0n) is 18.5. The van der Waals surface area contributed by atoms with Gasteiger partial charge in [0.1, 0.15) is 5.82 Å². The van der Waals surface area contributed by atoms with Crippen LogP contribution in [-0.2, 0) is 16.1 Å². The van der Waals surface area contributed by atoms with Crippen molar-refractivity contribution in [1.82, 2.24) is 19.7 Å². The Labute approximate surface area is 214 Å². The van der Waals surface area contributed by atoms with Crippen LogP contribution in [-0.4, -0.2) is 44.1 Å². The maximum Gasteiger partial charge on any atom is 0.236 e. The molecular weight excluding hydrogens is 509 g/mol. The number of thiazole rings is 1. The highest BCUT2D eigenvalue weighted by Crippen LogP contribution is 2.28. The molecule has 1 N–H and O–H groups in total. The predicted molar refractivity (Wildman–Crippen MR) is 136 cm³/mol. The lowest BCUT2D eigenvalue weighted by molar-refractivity contribution is -0.113. The lowest BCUT2D eigenvalue weighted by Crippen LogP contribution is -2.18. The molecule has 0 aliphatic carbocycles. The van der Waals surface area contributed by atoms with Crippen LogP contribution in [0.1, 0.15) is 12.8 Å². The van der Waals surface area contributed by atoms with Crippen molar-refractivity contribution >= 4 is 45.7 Å². The fraction of sp³-hybridized carbons (Fsp3) is 0.250. The molecule has 7 nitrogen and oxygen atoms in total. The van der Waals surface area contributed by atoms with Gasteiger partial charge < -0.3 is 10.1 Å². The second kappa shape index (κ2) is 10.9. The molecule has 1 fully saturated rings. The molecule has 1 saturated heterocycles. The number of hydrogen-bond acceptors (Lipinski definition) is 7. The van der Waals surface area contributed by atoms with E-state index in [1.54, 1.807) is 12.1 Å². The summed E-state index contributed by atoms with van der Waals surface area (Å²) in [5.74, 6) is 0.357. The summed E-state index contributed by atoms with van der Waals surface area (Å²) in [7, 11) is 0. The Bertz CT molecular complexity index is 1300. The molecule has 35 heavy (non-hydrogen) atoms. The molecule has 0 bridgehead atoms. The molecule has 0 saturated carbocycles. The number of carbonyl (C=O) groups is 1. The van der Waals surface area contributed by atoms with Gasteiger partial charge in [0.05, 0.1) is 24.1 Å². The summed E-state index contributed by atoms with van der Waals surface area (Å²) in [5, 5.41) is 15.2. The Morgan fingerprint density at radius 2 is 1.94 bits per heavy atom. The summed E-state index contributed by atoms with van der Waals surface area (Å²) >= 11 is 8.68. The van der Waals surface area contributed by atoms with Gasteiger partial charge in [0.2, 0.25) is 5.91 Å². The standard InChI is InChI=1S/C24H21ClFN5O2S2/c25-17-7-3-16(4-8-17)22-29-30-24(31(22)12-19-2-1-11-33-19)35-14-21(32)28-23-27-20(13-34-23)15-5-9-18(26)10-6-15/h3-10,13,19H,1-2,11-12,14H2,(H,27,28,32)/t19-/m0/s1. The second-order valence-corrected chi connectivity index (χ2v) is 10.2. The summed E-state index contributed by atoms with van der Waals surface area (Å²) in [5.41, 5.74) is 2.36. The highest BCUT2D eigenvalue weighted by Gasteiger charge is 2.22. The van der Waals surface area contributed by atoms with Crippen LogP contribution in [0.15, 0.2) is 59.1 Å². The minimum absolute atomic E-state index is 0.0884. The summed E-state index contributed by atoms with van der Waals surface area (Å²) in [6.07, 6.45) is 2.09. The molecule has 0 spiro atoms. The van der Waals surface area contributed by atoms with E-state index in [-0.39, 0.29) is 23.6 Å². The van der Waals surface area contributed by atoms with Gasteiger partial charge in [0, 0.05) is 28.1 Å². The zero-order chi connectivity index (χ0) is 24.2. The predicted octanol–water partition coefficient (Wildman–Crippen LogP) is 5.77. The van der Waals surface area contributed by atoms with E-state index in [0.717, 1.165) is 30.6 Å². The normalized spacial score (nSPS) is 15.4. The van der Waals surface area contributed by atoms with Gasteiger partial charge in [0.15, 0.2) is 16.1 Å². The number of nitrogens with zero attached hydrogens (tertiary/aromatic N) is 4. The van der Waals surface area contributed by atoms with Crippen LogP contribution in [0.25, 0.3) is 22.6 Å². The van der Waals surface area contributed by atoms with Crippen molar-refractivity contribution in [2.75, 3.05) is 17.7 Å². The Balaban J connectivity index is 1.27. The van der Waals surface area contributed by atoms with Crippen molar-refractivity contribution in [3.8, 4) is 22.6 Å². The number of carbonyl (C=O) groups excluding carboxylic acids is 1. The third-order valence-electron chi connectivity index (χ3n) is 5.45. The van der Waals surface area contributed by atoms with Gasteiger partial charge in [-0.1, -0.05) is 23.4 Å². The first-order valence-corrected chi connectivity index (χ1v) is 13.2. The molecular formula is C24H21ClFN5O2S2. The molecule has 11 heteroatoms. The van der Waals surface area contributed by atoms with Gasteiger partial charge in [-0.3, -0.25) is 9.36 Å². The summed E-state index contributed by atoms with van der Waals surface area (Å²) in [6.45, 7) is 1.37. The maximum absolute atomic E-state index is 13.2. The summed E-state index contributed by atoms with van der Waals surface area (Å²) in [4.78, 5) is 17.1. The number of amides is 1. The Morgan fingerprint density at radius 1 is 1.17 bits per heavy atom. The fourth-order valence-corrected chi connectivity index (χ4v) is 5.34. The monoisotopic (exact) mass is 529 g/mol. The van der Waals surface area contributed by atoms with Crippen molar-refractivity contribution < 1.29 is 13.9 Å². The minimum atomic E-state index is -0.305. The average Bonchev–Trinajstić information content (AvgIpc) is 3.61. The van der Waals surface area contributed by atoms with E-state index in [9.17, 15) is 9.18 Å². The van der Waals surface area contributed by atoms with Crippen LogP contribution in [0.3, 0.4) is 0 Å². The molecule has 1 aliphatic heterocycles. The lowest BCUT2D eigenvalue weighted by atomic mass is 10.2. The first-order valence-electron chi connectivity index (χ1n) is 11.0. The molecule has 1 aliphatic rings. The quantitative estimate of drug-likeness (QED) is 0.292. The first kappa shape index (κ1) is 23.9. The van der Waals surface area contributed by atoms with Gasteiger partial charge >= 0.3 is 0 Å². The third kappa shape index (κ3) is 5.90. The molecule has 180 valence electrons. The number of ether oxygens (including phenoxy) is 1. The molecule has 3 heterocycles. The summed E-state index contributed by atoms with van der Waals surface area (Å²) < 4.78 is 21.0. The van der Waals surface area contributed by atoms with E-state index < -0.39 is 0 Å². The Hall–Kier alpha value is -2.79. The van der Waals surface area contributed by atoms with Gasteiger partial charge in [-0.25, -0.2) is 9.37 Å². The number of benzene rings is 2. The van der Waals surface area contributed by atoms with Gasteiger partial charge in [-0.2, -0.15) is 0 Å². The van der Waals surface area contributed by atoms with Crippen LogP contribution < -0.4 is 5.32 Å². The third-order valence-corrected chi connectivity index (χ3v) is 7.43. The van der Waals surface area contributed by atoms with Crippen molar-refractivity contribution in [3.05, 3.63) is 64.8 Å². The molecule has 1 atom stereocenters. The Morgan fingerprint density at radius 3 is 2.69 bits per heavy atom. The zero-order valence-corrected chi connectivity index (χ0v) is 20.9. The van der Waals surface area contributed by atoms with Crippen LogP contribution in [0.4, 0.5) is 9.52 Å². The number of nitrogens with one attached hydrogen (secondary N) is 1. The number of hydrogen-bond donors (Lipinski definition) is 1. The molecule has 0 radical (unpaired) electrons. The molecule has 2 aromatic carbocycles. The van der Waals surface area contributed by atoms with Crippen molar-refractivity contribution in [2.24, 2.45) is 0 Å². The van der Waals surface area contributed by atoms with E-state index in [2.05, 4.69) is 20.5 Å². The van der Waals surface area contributed by atoms with E-state index in [4.69, 9.17) is 16.3 Å². The highest BCUT2D eigenvalue weighted by molar-refractivity contribution is 7.99. The number of rotatable bonds is 8. The van der Waals surface area contributed by atoms with E-state index in [1.807, 2.05) is 34.2 Å². The Kier molecular flexibility index (Phi) is 7.43. The number of aromatic nitrogens is 4. The van der Waals surface area contributed by atoms with Gasteiger partial charge in [-0.15, -0.1) is 21.5 Å². The van der Waals surface area contributed by atoms with E-state index in [1.165, 1.54) is 35.2 Å². The molecule has 4 aromatic rings. The van der Waals surface area contributed by atoms with Crippen LogP contribution in [0.2, 0.25) is 5.02 Å². The average molecular weight is 530 g/mol. The van der Waals surface area contributed by atoms with Crippen LogP contribution in [0, 0.1) is 5.82 Å². The van der Waals surface area contributed by atoms with Crippen molar-refractivity contribution in [2.45, 2.75) is 30.6 Å². The van der Waals surface area contributed by atoms with Crippen LogP contribution in [0.5, 0.6) is 0 Å². The van der Waals surface area contributed by atoms with E-state index in [0.29, 0.717) is 33.4 Å². The fourth-order valence-electron chi connectivity index (χ4n) is 3.73. The van der Waals surface area contributed by atoms with Crippen molar-refractivity contribution in [3.63, 3.8) is 0 Å². The molecule has 0 unspecified atom stereocenters. The lowest BCUT2D eigenvalue weighted by Gasteiger charge is -2.14. The number of halogens is 2. The second-order valence-electron chi connectivity index (χ2n) is 7.94. The smallest absolute Gasteiger partial charge is 0.236 e. The number of thioether (sulfide) groups is 1. The molecule has 5 rings (SSSR count). The first-order chi connectivity index (χ1) is 17.0. The summed E-state index contributed by atoms with van der Waals surface area (Å²) in [6, 6.07) is 13.5. The topological polar surface area (TPSA) is 81.9 Å². The van der Waals surface area contributed by atoms with Gasteiger partial charge in [0.25, 0.3) is 0 Å². The van der Waals surface area contributed by atoms with E-state index >= 15 is 0 Å². The van der Waals surface area contributed by atoms with Crippen LogP contribution >= 0.6 is 34.7 Å². The highest BCUT2D eigenvalue weighted by atomic mass is 35.5. The SMILES string of the molecule is O=C(CSc1nnc(-c2ccc(Cl)cc2)n1C[C@@H]1CCCO1)Nc1nc(-c2ccc(F)cc2)cs1. The minimum Gasteiger partial charge on any atom is -0.376 e. The van der Waals surface area contributed by atoms with Crippen molar-refractivity contribution in [1.29, 1.82) is 0 Å².